The number of fused-ring (bicyclic) bond motifs is 1. The summed E-state index contributed by atoms with van der Waals surface area (Å²) in [4.78, 5) is 7.44. The average Bonchev–Trinajstić information content (AvgIpc) is 3.10. The molecule has 176 valence electrons. The highest BCUT2D eigenvalue weighted by atomic mass is 127. The first kappa shape index (κ1) is 24.8. The maximum atomic E-state index is 5.84. The first-order chi connectivity index (χ1) is 15.0. The summed E-state index contributed by atoms with van der Waals surface area (Å²) in [7, 11) is 1.98. The number of para-hydroxylation sites is 1. The van der Waals surface area contributed by atoms with Crippen molar-refractivity contribution in [3.8, 4) is 5.75 Å². The van der Waals surface area contributed by atoms with E-state index in [-0.39, 0.29) is 30.0 Å². The first-order valence-electron chi connectivity index (χ1n) is 11.4. The third-order valence-corrected chi connectivity index (χ3v) is 6.43. The molecule has 2 aliphatic heterocycles. The van der Waals surface area contributed by atoms with E-state index in [1.54, 1.807) is 0 Å². The van der Waals surface area contributed by atoms with Crippen molar-refractivity contribution in [1.82, 2.24) is 30.3 Å². The molecule has 2 aliphatic rings. The van der Waals surface area contributed by atoms with Crippen molar-refractivity contribution in [2.75, 3.05) is 19.7 Å². The van der Waals surface area contributed by atoms with Gasteiger partial charge in [-0.2, -0.15) is 0 Å². The molecule has 0 radical (unpaired) electrons. The van der Waals surface area contributed by atoms with Crippen molar-refractivity contribution in [3.63, 3.8) is 0 Å². The molecule has 0 bridgehead atoms. The van der Waals surface area contributed by atoms with Crippen LogP contribution in [0.3, 0.4) is 0 Å². The van der Waals surface area contributed by atoms with Gasteiger partial charge in [-0.3, -0.25) is 0 Å². The van der Waals surface area contributed by atoms with Gasteiger partial charge in [-0.25, -0.2) is 4.99 Å². The fourth-order valence-electron chi connectivity index (χ4n) is 4.28. The van der Waals surface area contributed by atoms with Crippen LogP contribution in [-0.4, -0.2) is 57.4 Å². The number of aliphatic imine (C=N–C) groups is 1. The zero-order valence-corrected chi connectivity index (χ0v) is 21.9. The van der Waals surface area contributed by atoms with Crippen LogP contribution in [0.15, 0.2) is 29.3 Å². The fraction of sp³-hybridized carbons (Fsp3) is 0.609. The van der Waals surface area contributed by atoms with Crippen molar-refractivity contribution in [2.45, 2.75) is 64.7 Å². The Balaban J connectivity index is 0.00000289. The third-order valence-electron chi connectivity index (χ3n) is 6.43. The number of guanidine groups is 1. The lowest BCUT2D eigenvalue weighted by atomic mass is 10.0. The topological polar surface area (TPSA) is 79.6 Å². The molecule has 0 saturated carbocycles. The second-order valence-electron chi connectivity index (χ2n) is 8.81. The molecular formula is C23H36IN7O. The molecule has 3 heterocycles. The predicted molar refractivity (Wildman–Crippen MR) is 138 cm³/mol. The molecule has 1 aromatic carbocycles. The van der Waals surface area contributed by atoms with E-state index < -0.39 is 0 Å². The van der Waals surface area contributed by atoms with Crippen molar-refractivity contribution in [3.05, 3.63) is 41.5 Å². The highest BCUT2D eigenvalue weighted by Gasteiger charge is 2.25. The Kier molecular flexibility index (Phi) is 8.75. The Morgan fingerprint density at radius 3 is 2.59 bits per heavy atom. The van der Waals surface area contributed by atoms with Gasteiger partial charge in [-0.05, 0) is 39.7 Å². The fourth-order valence-corrected chi connectivity index (χ4v) is 4.28. The highest BCUT2D eigenvalue weighted by molar-refractivity contribution is 14.0. The minimum atomic E-state index is 0. The van der Waals surface area contributed by atoms with Crippen molar-refractivity contribution in [2.24, 2.45) is 12.0 Å². The number of likely N-dealkylation sites (tertiary alicyclic amines) is 1. The molecule has 2 aromatic rings. The second kappa shape index (κ2) is 11.3. The number of benzene rings is 1. The lowest BCUT2D eigenvalue weighted by Crippen LogP contribution is -2.50. The van der Waals surface area contributed by atoms with E-state index in [0.29, 0.717) is 25.2 Å². The molecule has 1 aromatic heterocycles. The van der Waals surface area contributed by atoms with E-state index >= 15 is 0 Å². The molecular weight excluding hydrogens is 517 g/mol. The monoisotopic (exact) mass is 553 g/mol. The van der Waals surface area contributed by atoms with Gasteiger partial charge in [0, 0.05) is 44.2 Å². The minimum absolute atomic E-state index is 0. The van der Waals surface area contributed by atoms with Gasteiger partial charge in [0.05, 0.1) is 12.6 Å². The lowest BCUT2D eigenvalue weighted by molar-refractivity contribution is 0.167. The number of nitrogens with one attached hydrogen (secondary N) is 2. The molecule has 4 rings (SSSR count). The van der Waals surface area contributed by atoms with Crippen molar-refractivity contribution < 1.29 is 4.74 Å². The smallest absolute Gasteiger partial charge is 0.192 e. The summed E-state index contributed by atoms with van der Waals surface area (Å²) >= 11 is 0. The van der Waals surface area contributed by atoms with Crippen LogP contribution >= 0.6 is 24.0 Å². The summed E-state index contributed by atoms with van der Waals surface area (Å²) in [6.07, 6.45) is 3.14. The van der Waals surface area contributed by atoms with Crippen LogP contribution in [0.5, 0.6) is 5.75 Å². The highest BCUT2D eigenvalue weighted by Crippen LogP contribution is 2.31. The molecule has 9 heteroatoms. The Bertz CT molecular complexity index is 905. The SMILES string of the molecule is Cc1nnc(CN=C(NC2CCN(C(C)C)CC2)NC2CCOc3ccccc32)n1C.I. The van der Waals surface area contributed by atoms with Gasteiger partial charge < -0.3 is 24.8 Å². The van der Waals surface area contributed by atoms with Crippen LogP contribution in [0, 0.1) is 6.92 Å². The third kappa shape index (κ3) is 5.92. The average molecular weight is 553 g/mol. The quantitative estimate of drug-likeness (QED) is 0.337. The maximum absolute atomic E-state index is 5.84. The molecule has 1 fully saturated rings. The van der Waals surface area contributed by atoms with E-state index in [4.69, 9.17) is 9.73 Å². The van der Waals surface area contributed by atoms with Gasteiger partial charge in [0.25, 0.3) is 0 Å². The van der Waals surface area contributed by atoms with E-state index in [0.717, 1.165) is 55.7 Å². The number of aryl methyl sites for hydroxylation is 1. The van der Waals surface area contributed by atoms with Gasteiger partial charge in [-0.1, -0.05) is 18.2 Å². The lowest BCUT2D eigenvalue weighted by Gasteiger charge is -2.36. The zero-order valence-electron chi connectivity index (χ0n) is 19.5. The van der Waals surface area contributed by atoms with E-state index in [1.807, 2.05) is 30.7 Å². The van der Waals surface area contributed by atoms with Crippen molar-refractivity contribution >= 4 is 29.9 Å². The Labute approximate surface area is 208 Å². The Morgan fingerprint density at radius 1 is 1.16 bits per heavy atom. The van der Waals surface area contributed by atoms with Gasteiger partial charge in [0.2, 0.25) is 0 Å². The van der Waals surface area contributed by atoms with Crippen molar-refractivity contribution in [1.29, 1.82) is 0 Å². The summed E-state index contributed by atoms with van der Waals surface area (Å²) < 4.78 is 7.83. The summed E-state index contributed by atoms with van der Waals surface area (Å²) in [5.74, 6) is 3.55. The molecule has 1 atom stereocenters. The Morgan fingerprint density at radius 2 is 1.91 bits per heavy atom. The number of hydrogen-bond donors (Lipinski definition) is 2. The predicted octanol–water partition coefficient (Wildman–Crippen LogP) is 3.17. The van der Waals surface area contributed by atoms with Crippen LogP contribution in [0.2, 0.25) is 0 Å². The summed E-state index contributed by atoms with van der Waals surface area (Å²) in [5, 5.41) is 15.8. The molecule has 8 nitrogen and oxygen atoms in total. The zero-order chi connectivity index (χ0) is 21.8. The van der Waals surface area contributed by atoms with Crippen LogP contribution < -0.4 is 15.4 Å². The summed E-state index contributed by atoms with van der Waals surface area (Å²) in [5.41, 5.74) is 1.19. The molecule has 2 N–H and O–H groups in total. The van der Waals surface area contributed by atoms with Crippen LogP contribution in [0.25, 0.3) is 0 Å². The van der Waals surface area contributed by atoms with Crippen LogP contribution in [-0.2, 0) is 13.6 Å². The number of nitrogens with zero attached hydrogens (tertiary/aromatic N) is 5. The van der Waals surface area contributed by atoms with Crippen LogP contribution in [0.4, 0.5) is 0 Å². The number of rotatable bonds is 5. The number of hydrogen-bond acceptors (Lipinski definition) is 5. The summed E-state index contributed by atoms with van der Waals surface area (Å²) in [6, 6.07) is 9.45. The number of ether oxygens (including phenoxy) is 1. The van der Waals surface area contributed by atoms with E-state index in [2.05, 4.69) is 51.7 Å². The van der Waals surface area contributed by atoms with E-state index in [9.17, 15) is 0 Å². The molecule has 0 spiro atoms. The van der Waals surface area contributed by atoms with Gasteiger partial charge in [-0.15, -0.1) is 34.2 Å². The van der Waals surface area contributed by atoms with Gasteiger partial charge >= 0.3 is 0 Å². The van der Waals surface area contributed by atoms with Gasteiger partial charge in [0.1, 0.15) is 18.1 Å². The van der Waals surface area contributed by atoms with Crippen LogP contribution in [0.1, 0.15) is 56.4 Å². The normalized spacial score (nSPS) is 19.8. The molecule has 0 amide bonds. The second-order valence-corrected chi connectivity index (χ2v) is 8.81. The van der Waals surface area contributed by atoms with E-state index in [1.165, 1.54) is 5.56 Å². The van der Waals surface area contributed by atoms with Gasteiger partial charge in [0.15, 0.2) is 11.8 Å². The minimum Gasteiger partial charge on any atom is -0.493 e. The molecule has 1 unspecified atom stereocenters. The number of halogens is 1. The molecule has 0 aliphatic carbocycles. The molecule has 32 heavy (non-hydrogen) atoms. The molecule has 1 saturated heterocycles. The number of piperidine rings is 1. The summed E-state index contributed by atoms with van der Waals surface area (Å²) in [6.45, 7) is 9.93. The number of aromatic nitrogens is 3. The largest absolute Gasteiger partial charge is 0.493 e. The first-order valence-corrected chi connectivity index (χ1v) is 11.4. The standard InChI is InChI=1S/C23H35N7O.HI/c1-16(2)30-12-9-18(10-13-30)25-23(24-15-22-28-27-17(3)29(22)4)26-20-11-14-31-21-8-6-5-7-19(20)21;/h5-8,16,18,20H,9-15H2,1-4H3,(H2,24,25,26);1H. The maximum Gasteiger partial charge on any atom is 0.192 e. The Hall–Kier alpha value is -1.88.